The Balaban J connectivity index is 0.000000583. The standard InChI is InChI=1S/C7H4ClF3O.BH2O2/c8-5-3-1-2-4-6(5)12-7(9,10)11;2-1-3/h1-4H;2-3H. The molecule has 0 saturated carbocycles. The van der Waals surface area contributed by atoms with Crippen LogP contribution in [0.1, 0.15) is 0 Å². The Kier molecular flexibility index (Phi) is 6.15. The zero-order chi connectivity index (χ0) is 11.9. The normalized spacial score (nSPS) is 10.0. The van der Waals surface area contributed by atoms with Crippen molar-refractivity contribution < 1.29 is 28.0 Å². The first-order valence-corrected chi connectivity index (χ1v) is 3.89. The third-order valence-electron chi connectivity index (χ3n) is 1.06. The third kappa shape index (κ3) is 7.07. The Labute approximate surface area is 89.4 Å². The van der Waals surface area contributed by atoms with E-state index in [4.69, 9.17) is 21.6 Å². The Hall–Kier alpha value is -0.915. The smallest absolute Gasteiger partial charge is 0.429 e. The molecule has 0 bridgehead atoms. The lowest BCUT2D eigenvalue weighted by atomic mass is 10.3. The van der Waals surface area contributed by atoms with Crippen LogP contribution in [0, 0.1) is 0 Å². The van der Waals surface area contributed by atoms with E-state index in [0.717, 1.165) is 6.07 Å². The molecule has 0 unspecified atom stereocenters. The summed E-state index contributed by atoms with van der Waals surface area (Å²) in [4.78, 5) is 0. The van der Waals surface area contributed by atoms with Gasteiger partial charge in [-0.3, -0.25) is 0 Å². The van der Waals surface area contributed by atoms with E-state index in [1.807, 2.05) is 0 Å². The van der Waals surface area contributed by atoms with Gasteiger partial charge in [-0.25, -0.2) is 0 Å². The van der Waals surface area contributed by atoms with Gasteiger partial charge in [-0.05, 0) is 12.1 Å². The topological polar surface area (TPSA) is 49.7 Å². The molecular weight excluding hydrogens is 235 g/mol. The van der Waals surface area contributed by atoms with E-state index < -0.39 is 6.36 Å². The van der Waals surface area contributed by atoms with E-state index in [1.54, 1.807) is 0 Å². The quantitative estimate of drug-likeness (QED) is 0.736. The highest BCUT2D eigenvalue weighted by Gasteiger charge is 2.31. The van der Waals surface area contributed by atoms with Gasteiger partial charge in [0.1, 0.15) is 5.75 Å². The maximum atomic E-state index is 11.6. The lowest BCUT2D eigenvalue weighted by Crippen LogP contribution is -2.17. The van der Waals surface area contributed by atoms with Crippen LogP contribution in [0.25, 0.3) is 0 Å². The minimum absolute atomic E-state index is 0. The maximum Gasteiger partial charge on any atom is 0.573 e. The van der Waals surface area contributed by atoms with Crippen LogP contribution in [0.2, 0.25) is 5.02 Å². The third-order valence-corrected chi connectivity index (χ3v) is 1.37. The largest absolute Gasteiger partial charge is 0.573 e. The molecule has 1 radical (unpaired) electrons. The van der Waals surface area contributed by atoms with Crippen LogP contribution in [0.4, 0.5) is 13.2 Å². The molecule has 0 fully saturated rings. The molecule has 0 saturated heterocycles. The fourth-order valence-corrected chi connectivity index (χ4v) is 0.826. The average molecular weight is 241 g/mol. The molecule has 0 aliphatic carbocycles. The molecular formula is C7H6BClF3O3. The predicted molar refractivity (Wildman–Crippen MR) is 48.3 cm³/mol. The first kappa shape index (κ1) is 14.1. The molecule has 2 N–H and O–H groups in total. The van der Waals surface area contributed by atoms with Gasteiger partial charge in [0.2, 0.25) is 0 Å². The van der Waals surface area contributed by atoms with Gasteiger partial charge in [0.25, 0.3) is 0 Å². The summed E-state index contributed by atoms with van der Waals surface area (Å²) in [5.41, 5.74) is 0. The van der Waals surface area contributed by atoms with E-state index >= 15 is 0 Å². The zero-order valence-electron chi connectivity index (χ0n) is 7.20. The van der Waals surface area contributed by atoms with Crippen LogP contribution in [0.3, 0.4) is 0 Å². The highest BCUT2D eigenvalue weighted by Crippen LogP contribution is 2.29. The van der Waals surface area contributed by atoms with Gasteiger partial charge in [-0.15, -0.1) is 13.2 Å². The van der Waals surface area contributed by atoms with Gasteiger partial charge in [-0.2, -0.15) is 0 Å². The van der Waals surface area contributed by atoms with Gasteiger partial charge >= 0.3 is 14.0 Å². The monoisotopic (exact) mass is 241 g/mol. The minimum atomic E-state index is -4.69. The number of rotatable bonds is 1. The van der Waals surface area contributed by atoms with E-state index in [1.165, 1.54) is 18.2 Å². The van der Waals surface area contributed by atoms with E-state index in [-0.39, 0.29) is 18.5 Å². The summed E-state index contributed by atoms with van der Waals surface area (Å²) >= 11 is 5.41. The zero-order valence-corrected chi connectivity index (χ0v) is 7.96. The summed E-state index contributed by atoms with van der Waals surface area (Å²) in [5.74, 6) is -0.383. The fourth-order valence-electron chi connectivity index (χ4n) is 0.652. The lowest BCUT2D eigenvalue weighted by Gasteiger charge is -2.09. The van der Waals surface area contributed by atoms with Gasteiger partial charge in [0.15, 0.2) is 0 Å². The molecule has 1 aromatic rings. The number of alkyl halides is 3. The number of hydrogen-bond donors (Lipinski definition) is 2. The van der Waals surface area contributed by atoms with Gasteiger partial charge in [0.05, 0.1) is 5.02 Å². The van der Waals surface area contributed by atoms with Crippen molar-refractivity contribution in [1.82, 2.24) is 0 Å². The summed E-state index contributed by atoms with van der Waals surface area (Å²) in [7, 11) is 0. The second kappa shape index (κ2) is 6.55. The van der Waals surface area contributed by atoms with E-state index in [2.05, 4.69) is 4.74 Å². The van der Waals surface area contributed by atoms with Crippen LogP contribution >= 0.6 is 11.6 Å². The van der Waals surface area contributed by atoms with Crippen molar-refractivity contribution >= 4 is 19.3 Å². The number of halogens is 4. The fraction of sp³-hybridized carbons (Fsp3) is 0.143. The summed E-state index contributed by atoms with van der Waals surface area (Å²) < 4.78 is 38.5. The maximum absolute atomic E-state index is 11.6. The van der Waals surface area contributed by atoms with Gasteiger partial charge in [-0.1, -0.05) is 23.7 Å². The summed E-state index contributed by atoms with van der Waals surface area (Å²) in [5, 5.41) is 13.9. The summed E-state index contributed by atoms with van der Waals surface area (Å²) in [6, 6.07) is 5.40. The number of ether oxygens (including phenoxy) is 1. The van der Waals surface area contributed by atoms with Crippen molar-refractivity contribution in [2.24, 2.45) is 0 Å². The van der Waals surface area contributed by atoms with Crippen LogP contribution in [-0.2, 0) is 0 Å². The molecule has 3 nitrogen and oxygen atoms in total. The second-order valence-electron chi connectivity index (χ2n) is 2.09. The van der Waals surface area contributed by atoms with E-state index in [9.17, 15) is 13.2 Å². The van der Waals surface area contributed by atoms with Crippen LogP contribution in [-0.4, -0.2) is 24.1 Å². The lowest BCUT2D eigenvalue weighted by molar-refractivity contribution is -0.274. The second-order valence-corrected chi connectivity index (χ2v) is 2.50. The molecule has 0 aliphatic heterocycles. The van der Waals surface area contributed by atoms with Crippen molar-refractivity contribution in [2.75, 3.05) is 0 Å². The minimum Gasteiger partial charge on any atom is -0.429 e. The molecule has 0 atom stereocenters. The number of para-hydroxylation sites is 1. The van der Waals surface area contributed by atoms with Crippen molar-refractivity contribution in [2.45, 2.75) is 6.36 Å². The molecule has 15 heavy (non-hydrogen) atoms. The SMILES string of the molecule is FC(F)(F)Oc1ccccc1Cl.O[B]O. The van der Waals surface area contributed by atoms with E-state index in [0.29, 0.717) is 0 Å². The highest BCUT2D eigenvalue weighted by molar-refractivity contribution is 6.32. The van der Waals surface area contributed by atoms with Crippen LogP contribution < -0.4 is 4.74 Å². The van der Waals surface area contributed by atoms with Crippen molar-refractivity contribution in [1.29, 1.82) is 0 Å². The number of benzene rings is 1. The Morgan fingerprint density at radius 2 is 1.67 bits per heavy atom. The molecule has 1 aromatic carbocycles. The van der Waals surface area contributed by atoms with Crippen LogP contribution in [0.5, 0.6) is 5.75 Å². The Morgan fingerprint density at radius 3 is 2.07 bits per heavy atom. The van der Waals surface area contributed by atoms with Crippen molar-refractivity contribution in [3.63, 3.8) is 0 Å². The molecule has 0 heterocycles. The molecule has 0 amide bonds. The van der Waals surface area contributed by atoms with Crippen molar-refractivity contribution in [3.05, 3.63) is 29.3 Å². The molecule has 83 valence electrons. The summed E-state index contributed by atoms with van der Waals surface area (Å²) in [6.45, 7) is 0. The highest BCUT2D eigenvalue weighted by atomic mass is 35.5. The molecule has 1 rings (SSSR count). The van der Waals surface area contributed by atoms with Gasteiger partial charge in [0, 0.05) is 0 Å². The molecule has 0 aliphatic rings. The Morgan fingerprint density at radius 1 is 1.20 bits per heavy atom. The molecule has 0 aromatic heterocycles. The van der Waals surface area contributed by atoms with Gasteiger partial charge < -0.3 is 14.8 Å². The summed E-state index contributed by atoms with van der Waals surface area (Å²) in [6.07, 6.45) is -4.69. The van der Waals surface area contributed by atoms with Crippen molar-refractivity contribution in [3.8, 4) is 5.75 Å². The van der Waals surface area contributed by atoms with Crippen LogP contribution in [0.15, 0.2) is 24.3 Å². The first-order valence-electron chi connectivity index (χ1n) is 3.51. The Bertz CT molecular complexity index is 295. The molecule has 8 heteroatoms. The first-order chi connectivity index (χ1) is 6.90. The number of hydrogen-bond acceptors (Lipinski definition) is 3. The average Bonchev–Trinajstić information content (AvgIpc) is 2.08. The molecule has 0 spiro atoms. The predicted octanol–water partition coefficient (Wildman–Crippen LogP) is 1.74.